The van der Waals surface area contributed by atoms with Crippen LogP contribution in [0.5, 0.6) is 0 Å². The van der Waals surface area contributed by atoms with Crippen molar-refractivity contribution in [3.63, 3.8) is 0 Å². The van der Waals surface area contributed by atoms with Gasteiger partial charge in [0.15, 0.2) is 0 Å². The second-order valence-corrected chi connectivity index (χ2v) is 6.71. The van der Waals surface area contributed by atoms with Gasteiger partial charge in [-0.3, -0.25) is 9.59 Å². The van der Waals surface area contributed by atoms with Gasteiger partial charge in [0.1, 0.15) is 0 Å². The fraction of sp³-hybridized carbons (Fsp3) is 0.389. The molecule has 1 unspecified atom stereocenters. The number of amides is 1. The molecule has 0 aliphatic carbocycles. The summed E-state index contributed by atoms with van der Waals surface area (Å²) in [5.41, 5.74) is 1.27. The van der Waals surface area contributed by atoms with Crippen LogP contribution in [0.2, 0.25) is 0 Å². The number of nitrogens with zero attached hydrogens (tertiary/aromatic N) is 2. The van der Waals surface area contributed by atoms with Crippen molar-refractivity contribution in [2.45, 2.75) is 39.7 Å². The Labute approximate surface area is 141 Å². The van der Waals surface area contributed by atoms with Gasteiger partial charge in [-0.25, -0.2) is 4.68 Å². The molecular weight excluding hydrogens is 306 g/mol. The molecule has 1 aromatic carbocycles. The first-order valence-corrected chi connectivity index (χ1v) is 7.88. The van der Waals surface area contributed by atoms with Gasteiger partial charge in [-0.1, -0.05) is 32.0 Å². The third-order valence-corrected chi connectivity index (χ3v) is 3.80. The molecule has 2 rings (SSSR count). The molecule has 0 aliphatic rings. The Hall–Kier alpha value is -2.63. The average molecular weight is 329 g/mol. The van der Waals surface area contributed by atoms with Crippen LogP contribution in [0.1, 0.15) is 45.2 Å². The molecule has 0 fully saturated rings. The Morgan fingerprint density at radius 3 is 2.58 bits per heavy atom. The highest BCUT2D eigenvalue weighted by molar-refractivity contribution is 5.78. The summed E-state index contributed by atoms with van der Waals surface area (Å²) in [6, 6.07) is 9.36. The fourth-order valence-corrected chi connectivity index (χ4v) is 2.75. The van der Waals surface area contributed by atoms with Crippen molar-refractivity contribution >= 4 is 11.9 Å². The van der Waals surface area contributed by atoms with Crippen LogP contribution in [0.15, 0.2) is 42.7 Å². The summed E-state index contributed by atoms with van der Waals surface area (Å²) in [5.74, 6) is -1.06. The normalized spacial score (nSPS) is 12.6. The SMILES string of the molecule is CC(NC(=O)CC(C)(C)CC(=O)O)c1ccccc1-n1cccn1. The van der Waals surface area contributed by atoms with E-state index in [1.54, 1.807) is 24.7 Å². The Bertz CT molecular complexity index is 708. The van der Waals surface area contributed by atoms with Crippen LogP contribution in [0.3, 0.4) is 0 Å². The van der Waals surface area contributed by atoms with Crippen molar-refractivity contribution < 1.29 is 14.7 Å². The highest BCUT2D eigenvalue weighted by Gasteiger charge is 2.26. The Morgan fingerprint density at radius 1 is 1.25 bits per heavy atom. The molecule has 24 heavy (non-hydrogen) atoms. The summed E-state index contributed by atoms with van der Waals surface area (Å²) in [6.45, 7) is 5.47. The summed E-state index contributed by atoms with van der Waals surface area (Å²) in [4.78, 5) is 23.2. The quantitative estimate of drug-likeness (QED) is 0.818. The Balaban J connectivity index is 2.09. The van der Waals surface area contributed by atoms with Gasteiger partial charge in [-0.05, 0) is 30.0 Å². The van der Waals surface area contributed by atoms with E-state index < -0.39 is 11.4 Å². The molecule has 128 valence electrons. The number of carbonyl (C=O) groups excluding carboxylic acids is 1. The maximum absolute atomic E-state index is 12.3. The number of carboxylic acids is 1. The first-order valence-electron chi connectivity index (χ1n) is 7.88. The summed E-state index contributed by atoms with van der Waals surface area (Å²) >= 11 is 0. The lowest BCUT2D eigenvalue weighted by Gasteiger charge is -2.24. The van der Waals surface area contributed by atoms with Crippen LogP contribution in [0.25, 0.3) is 5.69 Å². The molecule has 0 saturated carbocycles. The molecule has 1 atom stereocenters. The molecule has 0 spiro atoms. The topological polar surface area (TPSA) is 84.2 Å². The number of rotatable bonds is 7. The molecule has 6 nitrogen and oxygen atoms in total. The van der Waals surface area contributed by atoms with Gasteiger partial charge >= 0.3 is 5.97 Å². The second-order valence-electron chi connectivity index (χ2n) is 6.71. The average Bonchev–Trinajstić information content (AvgIpc) is 2.98. The highest BCUT2D eigenvalue weighted by atomic mass is 16.4. The number of aliphatic carboxylic acids is 1. The number of carboxylic acid groups (broad SMARTS) is 1. The van der Waals surface area contributed by atoms with E-state index in [2.05, 4.69) is 10.4 Å². The summed E-state index contributed by atoms with van der Waals surface area (Å²) in [7, 11) is 0. The summed E-state index contributed by atoms with van der Waals surface area (Å²) in [6.07, 6.45) is 3.67. The van der Waals surface area contributed by atoms with Gasteiger partial charge in [0, 0.05) is 18.8 Å². The van der Waals surface area contributed by atoms with Crippen molar-refractivity contribution in [3.05, 3.63) is 48.3 Å². The number of nitrogens with one attached hydrogen (secondary N) is 1. The third-order valence-electron chi connectivity index (χ3n) is 3.80. The minimum absolute atomic E-state index is 0.0430. The van der Waals surface area contributed by atoms with Gasteiger partial charge < -0.3 is 10.4 Å². The van der Waals surface area contributed by atoms with Gasteiger partial charge in [0.05, 0.1) is 18.2 Å². The van der Waals surface area contributed by atoms with Gasteiger partial charge in [-0.15, -0.1) is 0 Å². The standard InChI is InChI=1S/C18H23N3O3/c1-13(20-16(22)11-18(2,3)12-17(23)24)14-7-4-5-8-15(14)21-10-6-9-19-21/h4-10,13H,11-12H2,1-3H3,(H,20,22)(H,23,24). The lowest BCUT2D eigenvalue weighted by Crippen LogP contribution is -2.32. The number of benzene rings is 1. The van der Waals surface area contributed by atoms with Gasteiger partial charge in [0.25, 0.3) is 0 Å². The summed E-state index contributed by atoms with van der Waals surface area (Å²) < 4.78 is 1.76. The lowest BCUT2D eigenvalue weighted by molar-refractivity contribution is -0.139. The van der Waals surface area contributed by atoms with Crippen LogP contribution in [-0.2, 0) is 9.59 Å². The van der Waals surface area contributed by atoms with Gasteiger partial charge in [-0.2, -0.15) is 5.10 Å². The predicted octanol–water partition coefficient (Wildman–Crippen LogP) is 2.94. The number of hydrogen-bond acceptors (Lipinski definition) is 3. The van der Waals surface area contributed by atoms with E-state index in [4.69, 9.17) is 5.11 Å². The first-order chi connectivity index (χ1) is 11.3. The monoisotopic (exact) mass is 329 g/mol. The van der Waals surface area contributed by atoms with E-state index >= 15 is 0 Å². The van der Waals surface area contributed by atoms with Crippen LogP contribution in [0.4, 0.5) is 0 Å². The fourth-order valence-electron chi connectivity index (χ4n) is 2.75. The number of para-hydroxylation sites is 1. The molecular formula is C18H23N3O3. The van der Waals surface area contributed by atoms with E-state index in [0.717, 1.165) is 11.3 Å². The molecule has 1 heterocycles. The van der Waals surface area contributed by atoms with E-state index in [1.807, 2.05) is 43.5 Å². The van der Waals surface area contributed by atoms with E-state index in [1.165, 1.54) is 0 Å². The van der Waals surface area contributed by atoms with E-state index in [0.29, 0.717) is 0 Å². The second kappa shape index (κ2) is 7.29. The van der Waals surface area contributed by atoms with Crippen molar-refractivity contribution in [2.24, 2.45) is 5.41 Å². The molecule has 1 amide bonds. The number of hydrogen-bond donors (Lipinski definition) is 2. The maximum atomic E-state index is 12.3. The molecule has 0 radical (unpaired) electrons. The highest BCUT2D eigenvalue weighted by Crippen LogP contribution is 2.26. The van der Waals surface area contributed by atoms with E-state index in [9.17, 15) is 9.59 Å². The molecule has 6 heteroatoms. The molecule has 1 aromatic heterocycles. The minimum Gasteiger partial charge on any atom is -0.481 e. The zero-order chi connectivity index (χ0) is 17.7. The smallest absolute Gasteiger partial charge is 0.303 e. The molecule has 2 aromatic rings. The van der Waals surface area contributed by atoms with Crippen molar-refractivity contribution in [3.8, 4) is 5.69 Å². The molecule has 0 aliphatic heterocycles. The Kier molecular flexibility index (Phi) is 5.39. The third kappa shape index (κ3) is 4.68. The first kappa shape index (κ1) is 17.7. The number of carbonyl (C=O) groups is 2. The van der Waals surface area contributed by atoms with Crippen LogP contribution in [-0.4, -0.2) is 26.8 Å². The maximum Gasteiger partial charge on any atom is 0.303 e. The van der Waals surface area contributed by atoms with E-state index in [-0.39, 0.29) is 24.8 Å². The van der Waals surface area contributed by atoms with Crippen molar-refractivity contribution in [2.75, 3.05) is 0 Å². The van der Waals surface area contributed by atoms with Gasteiger partial charge in [0.2, 0.25) is 5.91 Å². The summed E-state index contributed by atoms with van der Waals surface area (Å²) in [5, 5.41) is 16.1. The zero-order valence-corrected chi connectivity index (χ0v) is 14.2. The zero-order valence-electron chi connectivity index (χ0n) is 14.2. The lowest BCUT2D eigenvalue weighted by atomic mass is 9.85. The molecule has 2 N–H and O–H groups in total. The number of aromatic nitrogens is 2. The van der Waals surface area contributed by atoms with Crippen LogP contribution >= 0.6 is 0 Å². The van der Waals surface area contributed by atoms with Crippen molar-refractivity contribution in [1.82, 2.24) is 15.1 Å². The largest absolute Gasteiger partial charge is 0.481 e. The van der Waals surface area contributed by atoms with Crippen molar-refractivity contribution in [1.29, 1.82) is 0 Å². The Morgan fingerprint density at radius 2 is 1.96 bits per heavy atom. The van der Waals surface area contributed by atoms with Crippen LogP contribution in [0, 0.1) is 5.41 Å². The predicted molar refractivity (Wildman–Crippen MR) is 90.8 cm³/mol. The molecule has 0 saturated heterocycles. The van der Waals surface area contributed by atoms with Crippen LogP contribution < -0.4 is 5.32 Å². The minimum atomic E-state index is -0.898. The molecule has 0 bridgehead atoms.